The van der Waals surface area contributed by atoms with Crippen LogP contribution in [0.4, 0.5) is 13.2 Å². The Morgan fingerprint density at radius 3 is 2.61 bits per heavy atom. The van der Waals surface area contributed by atoms with Gasteiger partial charge in [0.15, 0.2) is 5.69 Å². The van der Waals surface area contributed by atoms with Gasteiger partial charge in [-0.25, -0.2) is 23.1 Å². The first-order valence-corrected chi connectivity index (χ1v) is 13.9. The summed E-state index contributed by atoms with van der Waals surface area (Å²) < 4.78 is 44.4. The maximum Gasteiger partial charge on any atom is 0.269 e. The zero-order valence-electron chi connectivity index (χ0n) is 22.8. The Morgan fingerprint density at radius 2 is 1.89 bits per heavy atom. The number of nitrogens with one attached hydrogen (secondary N) is 1. The predicted octanol–water partition coefficient (Wildman–Crippen LogP) is 3.06. The van der Waals surface area contributed by atoms with Crippen LogP contribution >= 0.6 is 11.6 Å². The SMILES string of the molecule is NC(=O)c1nn(CC(=O)N2[C@@H]3CC(F)(F)[C@@H]3C[C@H]2C(=O)NCc2cccc(Cl)c2F)c2ccc(C#Cc3ncccn3)cc12. The molecular weight excluding hydrogens is 599 g/mol. The molecule has 0 spiro atoms. The molecule has 0 bridgehead atoms. The molecule has 2 fully saturated rings. The van der Waals surface area contributed by atoms with Gasteiger partial charge in [0.25, 0.3) is 11.8 Å². The van der Waals surface area contributed by atoms with Crippen LogP contribution in [0.1, 0.15) is 40.3 Å². The Hall–Kier alpha value is -4.96. The lowest BCUT2D eigenvalue weighted by Gasteiger charge is -2.43. The Kier molecular flexibility index (Phi) is 7.46. The van der Waals surface area contributed by atoms with Gasteiger partial charge < -0.3 is 16.0 Å². The zero-order chi connectivity index (χ0) is 31.2. The second-order valence-electron chi connectivity index (χ2n) is 10.5. The van der Waals surface area contributed by atoms with Gasteiger partial charge in [-0.3, -0.25) is 19.1 Å². The number of fused-ring (bicyclic) bond motifs is 2. The quantitative estimate of drug-likeness (QED) is 0.318. The molecule has 1 aliphatic carbocycles. The molecule has 4 aromatic rings. The van der Waals surface area contributed by atoms with Crippen molar-refractivity contribution >= 4 is 40.2 Å². The van der Waals surface area contributed by atoms with E-state index < -0.39 is 60.4 Å². The van der Waals surface area contributed by atoms with E-state index in [1.165, 1.54) is 22.9 Å². The summed E-state index contributed by atoms with van der Waals surface area (Å²) in [4.78, 5) is 48.3. The molecule has 2 aromatic carbocycles. The molecule has 0 radical (unpaired) electrons. The second-order valence-corrected chi connectivity index (χ2v) is 11.0. The number of amides is 3. The highest BCUT2D eigenvalue weighted by Crippen LogP contribution is 2.53. The van der Waals surface area contributed by atoms with Crippen LogP contribution < -0.4 is 11.1 Å². The lowest BCUT2D eigenvalue weighted by Crippen LogP contribution is -2.57. The van der Waals surface area contributed by atoms with Crippen molar-refractivity contribution in [2.24, 2.45) is 11.7 Å². The molecule has 1 saturated carbocycles. The van der Waals surface area contributed by atoms with Gasteiger partial charge in [-0.05, 0) is 42.7 Å². The summed E-state index contributed by atoms with van der Waals surface area (Å²) in [6.45, 7) is -0.697. The van der Waals surface area contributed by atoms with Gasteiger partial charge in [-0.1, -0.05) is 29.7 Å². The number of likely N-dealkylation sites (tertiary alicyclic amines) is 1. The molecule has 1 saturated heterocycles. The first kappa shape index (κ1) is 29.1. The van der Waals surface area contributed by atoms with E-state index in [1.54, 1.807) is 36.7 Å². The molecule has 224 valence electrons. The molecule has 0 unspecified atom stereocenters. The average Bonchev–Trinajstić information content (AvgIpc) is 3.53. The molecule has 10 nitrogen and oxygen atoms in total. The van der Waals surface area contributed by atoms with E-state index >= 15 is 0 Å². The van der Waals surface area contributed by atoms with Gasteiger partial charge in [-0.2, -0.15) is 5.10 Å². The molecule has 3 heterocycles. The van der Waals surface area contributed by atoms with Gasteiger partial charge in [-0.15, -0.1) is 0 Å². The number of nitrogens with zero attached hydrogens (tertiary/aromatic N) is 5. The molecule has 44 heavy (non-hydrogen) atoms. The van der Waals surface area contributed by atoms with Crippen LogP contribution in [0.5, 0.6) is 0 Å². The maximum absolute atomic E-state index is 14.4. The van der Waals surface area contributed by atoms with Gasteiger partial charge >= 0.3 is 0 Å². The van der Waals surface area contributed by atoms with Crippen LogP contribution in [-0.4, -0.2) is 60.4 Å². The van der Waals surface area contributed by atoms with E-state index in [0.717, 1.165) is 4.90 Å². The van der Waals surface area contributed by atoms with Crippen LogP contribution in [0, 0.1) is 23.6 Å². The highest BCUT2D eigenvalue weighted by molar-refractivity contribution is 6.30. The number of benzene rings is 2. The summed E-state index contributed by atoms with van der Waals surface area (Å²) in [5, 5.41) is 6.99. The number of hydrogen-bond acceptors (Lipinski definition) is 6. The number of hydrogen-bond donors (Lipinski definition) is 2. The van der Waals surface area contributed by atoms with Crippen LogP contribution in [0.2, 0.25) is 5.02 Å². The number of alkyl halides is 2. The number of carbonyl (C=O) groups excluding carboxylic acids is 3. The van der Waals surface area contributed by atoms with Gasteiger partial charge in [0, 0.05) is 53.8 Å². The van der Waals surface area contributed by atoms with Crippen molar-refractivity contribution in [3.63, 3.8) is 0 Å². The smallest absolute Gasteiger partial charge is 0.269 e. The molecule has 6 rings (SSSR count). The predicted molar refractivity (Wildman–Crippen MR) is 152 cm³/mol. The minimum atomic E-state index is -3.03. The highest BCUT2D eigenvalue weighted by Gasteiger charge is 2.65. The minimum absolute atomic E-state index is 0.109. The monoisotopic (exact) mass is 621 g/mol. The Morgan fingerprint density at radius 1 is 1.11 bits per heavy atom. The normalized spacial score (nSPS) is 19.9. The van der Waals surface area contributed by atoms with Crippen LogP contribution in [-0.2, 0) is 22.7 Å². The Labute approximate surface area is 253 Å². The van der Waals surface area contributed by atoms with Gasteiger partial charge in [0.2, 0.25) is 17.6 Å². The molecule has 3 amide bonds. The Balaban J connectivity index is 1.25. The van der Waals surface area contributed by atoms with Crippen LogP contribution in [0.3, 0.4) is 0 Å². The van der Waals surface area contributed by atoms with E-state index in [4.69, 9.17) is 17.3 Å². The number of aromatic nitrogens is 4. The number of halogens is 4. The third-order valence-corrected chi connectivity index (χ3v) is 8.18. The topological polar surface area (TPSA) is 136 Å². The lowest BCUT2D eigenvalue weighted by molar-refractivity contribution is -0.168. The number of rotatable bonds is 6. The molecule has 2 aliphatic rings. The standard InChI is InChI=1S/C30H23ClF3N7O3/c31-20-4-1-3-17(26(20)32)14-38-29(44)22-12-19-23(13-30(19,33)34)41(22)25(42)15-40-21-7-5-16(6-8-24-36-9-2-10-37-24)11-18(21)27(39-40)28(35)43/h1-5,7,9-11,19,22-23H,12-15H2,(H2,35,43)(H,38,44)/t19-,22+,23-/m1/s1. The summed E-state index contributed by atoms with van der Waals surface area (Å²) in [6.07, 6.45) is 2.25. The summed E-state index contributed by atoms with van der Waals surface area (Å²) in [7, 11) is 0. The van der Waals surface area contributed by atoms with Crippen molar-refractivity contribution in [3.05, 3.63) is 88.3 Å². The number of nitrogens with two attached hydrogens (primary N) is 1. The van der Waals surface area contributed by atoms with Crippen molar-refractivity contribution in [3.8, 4) is 11.8 Å². The number of carbonyl (C=O) groups is 3. The van der Waals surface area contributed by atoms with Crippen molar-refractivity contribution in [1.29, 1.82) is 0 Å². The zero-order valence-corrected chi connectivity index (χ0v) is 23.6. The van der Waals surface area contributed by atoms with E-state index in [9.17, 15) is 27.6 Å². The van der Waals surface area contributed by atoms with E-state index in [1.807, 2.05) is 0 Å². The largest absolute Gasteiger partial charge is 0.364 e. The first-order valence-electron chi connectivity index (χ1n) is 13.5. The van der Waals surface area contributed by atoms with Crippen molar-refractivity contribution in [2.75, 3.05) is 0 Å². The fraction of sp³-hybridized carbons (Fsp3) is 0.267. The average molecular weight is 622 g/mol. The lowest BCUT2D eigenvalue weighted by atomic mass is 9.75. The van der Waals surface area contributed by atoms with Gasteiger partial charge in [0.1, 0.15) is 18.4 Å². The maximum atomic E-state index is 14.4. The summed E-state index contributed by atoms with van der Waals surface area (Å²) >= 11 is 5.82. The van der Waals surface area contributed by atoms with Crippen molar-refractivity contribution in [2.45, 2.75) is 43.9 Å². The van der Waals surface area contributed by atoms with E-state index in [0.29, 0.717) is 22.3 Å². The molecule has 1 aliphatic heterocycles. The molecule has 3 atom stereocenters. The van der Waals surface area contributed by atoms with Crippen LogP contribution in [0.15, 0.2) is 54.9 Å². The van der Waals surface area contributed by atoms with Crippen LogP contribution in [0.25, 0.3) is 10.9 Å². The molecule has 14 heteroatoms. The third kappa shape index (κ3) is 5.33. The number of primary amides is 1. The van der Waals surface area contributed by atoms with E-state index in [-0.39, 0.29) is 29.2 Å². The highest BCUT2D eigenvalue weighted by atomic mass is 35.5. The fourth-order valence-corrected chi connectivity index (χ4v) is 5.93. The molecular formula is C30H23ClF3N7O3. The Bertz CT molecular complexity index is 1870. The van der Waals surface area contributed by atoms with E-state index in [2.05, 4.69) is 32.2 Å². The molecule has 3 N–H and O–H groups in total. The third-order valence-electron chi connectivity index (χ3n) is 7.89. The van der Waals surface area contributed by atoms with Crippen molar-refractivity contribution < 1.29 is 27.6 Å². The second kappa shape index (κ2) is 11.3. The summed E-state index contributed by atoms with van der Waals surface area (Å²) in [6, 6.07) is 8.72. The first-order chi connectivity index (χ1) is 21.0. The summed E-state index contributed by atoms with van der Waals surface area (Å²) in [5.41, 5.74) is 6.44. The minimum Gasteiger partial charge on any atom is -0.364 e. The van der Waals surface area contributed by atoms with Gasteiger partial charge in [0.05, 0.1) is 10.5 Å². The summed E-state index contributed by atoms with van der Waals surface area (Å²) in [5.74, 6) is -1.12. The van der Waals surface area contributed by atoms with Crippen molar-refractivity contribution in [1.82, 2.24) is 30.0 Å². The molecule has 2 aromatic heterocycles. The fourth-order valence-electron chi connectivity index (χ4n) is 5.74.